The number of halogens is 1. The zero-order chi connectivity index (χ0) is 17.4. The van der Waals surface area contributed by atoms with E-state index in [4.69, 9.17) is 14.2 Å². The van der Waals surface area contributed by atoms with Crippen LogP contribution in [0.1, 0.15) is 25.3 Å². The first-order chi connectivity index (χ1) is 11.7. The molecule has 6 nitrogen and oxygen atoms in total. The molecule has 134 valence electrons. The molecular weight excluding hydrogens is 374 g/mol. The molecule has 1 aromatic carbocycles. The molecule has 1 atom stereocenters. The van der Waals surface area contributed by atoms with Gasteiger partial charge in [0.15, 0.2) is 17.5 Å². The number of hydrogen-bond donors (Lipinski definition) is 2. The quantitative estimate of drug-likeness (QED) is 0.544. The summed E-state index contributed by atoms with van der Waals surface area (Å²) in [5.74, 6) is 2.18. The van der Waals surface area contributed by atoms with Gasteiger partial charge in [0.1, 0.15) is 0 Å². The summed E-state index contributed by atoms with van der Waals surface area (Å²) in [6, 6.07) is 3.84. The number of guanidine groups is 1. The van der Waals surface area contributed by atoms with Crippen LogP contribution >= 0.6 is 15.9 Å². The number of benzene rings is 1. The maximum absolute atomic E-state index is 5.64. The molecule has 24 heavy (non-hydrogen) atoms. The first-order valence-electron chi connectivity index (χ1n) is 8.22. The minimum absolute atomic E-state index is 0.279. The molecule has 0 amide bonds. The smallest absolute Gasteiger partial charge is 0.191 e. The highest BCUT2D eigenvalue weighted by Crippen LogP contribution is 2.33. The van der Waals surface area contributed by atoms with E-state index < -0.39 is 0 Å². The predicted molar refractivity (Wildman–Crippen MR) is 99.0 cm³/mol. The van der Waals surface area contributed by atoms with Crippen LogP contribution in [0.3, 0.4) is 0 Å². The summed E-state index contributed by atoms with van der Waals surface area (Å²) in [5, 5.41) is 6.61. The van der Waals surface area contributed by atoms with Crippen molar-refractivity contribution in [1.29, 1.82) is 0 Å². The van der Waals surface area contributed by atoms with Crippen LogP contribution in [0.15, 0.2) is 21.6 Å². The van der Waals surface area contributed by atoms with Crippen molar-refractivity contribution < 1.29 is 14.2 Å². The zero-order valence-corrected chi connectivity index (χ0v) is 16.1. The summed E-state index contributed by atoms with van der Waals surface area (Å²) in [5.41, 5.74) is 1.03. The van der Waals surface area contributed by atoms with Gasteiger partial charge in [-0.1, -0.05) is 15.9 Å². The Labute approximate surface area is 152 Å². The Morgan fingerprint density at radius 2 is 2.04 bits per heavy atom. The number of aliphatic imine (C=N–C) groups is 1. The highest BCUT2D eigenvalue weighted by Gasteiger charge is 2.15. The van der Waals surface area contributed by atoms with Crippen molar-refractivity contribution in [3.05, 3.63) is 22.2 Å². The molecule has 0 saturated carbocycles. The third-order valence-electron chi connectivity index (χ3n) is 3.83. The summed E-state index contributed by atoms with van der Waals surface area (Å²) < 4.78 is 17.2. The van der Waals surface area contributed by atoms with Crippen LogP contribution in [0.25, 0.3) is 0 Å². The Bertz CT molecular complexity index is 560. The van der Waals surface area contributed by atoms with Crippen LogP contribution in [0.5, 0.6) is 11.5 Å². The lowest BCUT2D eigenvalue weighted by Crippen LogP contribution is -2.41. The molecule has 1 fully saturated rings. The van der Waals surface area contributed by atoms with Gasteiger partial charge in [-0.25, -0.2) is 4.99 Å². The maximum Gasteiger partial charge on any atom is 0.191 e. The molecule has 0 aliphatic carbocycles. The topological polar surface area (TPSA) is 64.1 Å². The lowest BCUT2D eigenvalue weighted by atomic mass is 10.2. The number of hydrogen-bond acceptors (Lipinski definition) is 4. The van der Waals surface area contributed by atoms with Gasteiger partial charge < -0.3 is 24.8 Å². The molecule has 1 aromatic rings. The van der Waals surface area contributed by atoms with Gasteiger partial charge in [-0.05, 0) is 37.5 Å². The molecule has 1 saturated heterocycles. The highest BCUT2D eigenvalue weighted by atomic mass is 79.9. The first-order valence-corrected chi connectivity index (χ1v) is 9.01. The van der Waals surface area contributed by atoms with E-state index in [1.165, 1.54) is 0 Å². The molecule has 2 N–H and O–H groups in total. The van der Waals surface area contributed by atoms with Crippen molar-refractivity contribution in [3.63, 3.8) is 0 Å². The SMILES string of the molecule is CCNC(=NCc1cc(OC)c(OC)cc1Br)NCC1CCCO1. The molecule has 7 heteroatoms. The third kappa shape index (κ3) is 5.27. The summed E-state index contributed by atoms with van der Waals surface area (Å²) in [7, 11) is 3.26. The van der Waals surface area contributed by atoms with Crippen molar-refractivity contribution >= 4 is 21.9 Å². The van der Waals surface area contributed by atoms with Crippen molar-refractivity contribution in [3.8, 4) is 11.5 Å². The van der Waals surface area contributed by atoms with Crippen molar-refractivity contribution in [1.82, 2.24) is 10.6 Å². The second kappa shape index (κ2) is 9.74. The summed E-state index contributed by atoms with van der Waals surface area (Å²) in [4.78, 5) is 4.65. The van der Waals surface area contributed by atoms with Crippen LogP contribution in [-0.2, 0) is 11.3 Å². The van der Waals surface area contributed by atoms with Gasteiger partial charge in [-0.15, -0.1) is 0 Å². The van der Waals surface area contributed by atoms with Gasteiger partial charge in [-0.2, -0.15) is 0 Å². The van der Waals surface area contributed by atoms with Gasteiger partial charge in [0.25, 0.3) is 0 Å². The van der Waals surface area contributed by atoms with Crippen LogP contribution in [0, 0.1) is 0 Å². The van der Waals surface area contributed by atoms with E-state index in [9.17, 15) is 0 Å². The van der Waals surface area contributed by atoms with Crippen LogP contribution in [0.2, 0.25) is 0 Å². The third-order valence-corrected chi connectivity index (χ3v) is 4.56. The minimum atomic E-state index is 0.279. The fourth-order valence-corrected chi connectivity index (χ4v) is 2.99. The van der Waals surface area contributed by atoms with Crippen molar-refractivity contribution in [2.75, 3.05) is 33.9 Å². The molecule has 0 aromatic heterocycles. The van der Waals surface area contributed by atoms with E-state index in [1.807, 2.05) is 12.1 Å². The van der Waals surface area contributed by atoms with Gasteiger partial charge in [-0.3, -0.25) is 0 Å². The number of ether oxygens (including phenoxy) is 3. The van der Waals surface area contributed by atoms with E-state index in [0.717, 1.165) is 48.5 Å². The minimum Gasteiger partial charge on any atom is -0.493 e. The van der Waals surface area contributed by atoms with Crippen molar-refractivity contribution in [2.24, 2.45) is 4.99 Å². The summed E-state index contributed by atoms with van der Waals surface area (Å²) >= 11 is 3.57. The number of methoxy groups -OCH3 is 2. The first kappa shape index (κ1) is 18.9. The van der Waals surface area contributed by atoms with E-state index in [2.05, 4.69) is 38.5 Å². The fourth-order valence-electron chi connectivity index (χ4n) is 2.54. The summed E-state index contributed by atoms with van der Waals surface area (Å²) in [6.07, 6.45) is 2.52. The van der Waals surface area contributed by atoms with Gasteiger partial charge >= 0.3 is 0 Å². The van der Waals surface area contributed by atoms with Gasteiger partial charge in [0.2, 0.25) is 0 Å². The van der Waals surface area contributed by atoms with Crippen LogP contribution in [-0.4, -0.2) is 46.0 Å². The van der Waals surface area contributed by atoms with Crippen LogP contribution in [0.4, 0.5) is 0 Å². The number of rotatable bonds is 7. The standard InChI is InChI=1S/C17H26BrN3O3/c1-4-19-17(21-11-13-6-5-7-24-13)20-10-12-8-15(22-2)16(23-3)9-14(12)18/h8-9,13H,4-7,10-11H2,1-3H3,(H2,19,20,21). The Kier molecular flexibility index (Phi) is 7.65. The Hall–Kier alpha value is -1.47. The van der Waals surface area contributed by atoms with Crippen LogP contribution < -0.4 is 20.1 Å². The molecular formula is C17H26BrN3O3. The predicted octanol–water partition coefficient (Wildman–Crippen LogP) is 2.70. The fraction of sp³-hybridized carbons (Fsp3) is 0.588. The molecule has 1 heterocycles. The Balaban J connectivity index is 2.04. The molecule has 0 spiro atoms. The van der Waals surface area contributed by atoms with Crippen molar-refractivity contribution in [2.45, 2.75) is 32.4 Å². The highest BCUT2D eigenvalue weighted by molar-refractivity contribution is 9.10. The maximum atomic E-state index is 5.64. The molecule has 1 unspecified atom stereocenters. The monoisotopic (exact) mass is 399 g/mol. The second-order valence-corrected chi connectivity index (χ2v) is 6.36. The average molecular weight is 400 g/mol. The zero-order valence-electron chi connectivity index (χ0n) is 14.5. The largest absolute Gasteiger partial charge is 0.493 e. The summed E-state index contributed by atoms with van der Waals surface area (Å²) in [6.45, 7) is 5.03. The average Bonchev–Trinajstić information content (AvgIpc) is 3.11. The Morgan fingerprint density at radius 1 is 1.29 bits per heavy atom. The van der Waals surface area contributed by atoms with E-state index in [1.54, 1.807) is 14.2 Å². The van der Waals surface area contributed by atoms with Gasteiger partial charge in [0, 0.05) is 24.2 Å². The number of nitrogens with one attached hydrogen (secondary N) is 2. The molecule has 1 aliphatic rings. The van der Waals surface area contributed by atoms with Gasteiger partial charge in [0.05, 0.1) is 26.9 Å². The molecule has 0 radical (unpaired) electrons. The lowest BCUT2D eigenvalue weighted by molar-refractivity contribution is 0.114. The normalized spacial score (nSPS) is 17.7. The number of nitrogens with zero attached hydrogens (tertiary/aromatic N) is 1. The van der Waals surface area contributed by atoms with E-state index in [0.29, 0.717) is 18.0 Å². The van der Waals surface area contributed by atoms with E-state index >= 15 is 0 Å². The molecule has 2 rings (SSSR count). The van der Waals surface area contributed by atoms with E-state index in [-0.39, 0.29) is 6.10 Å². The lowest BCUT2D eigenvalue weighted by Gasteiger charge is -2.15. The Morgan fingerprint density at radius 3 is 2.67 bits per heavy atom. The second-order valence-electron chi connectivity index (χ2n) is 5.51. The molecule has 0 bridgehead atoms. The molecule has 1 aliphatic heterocycles.